The van der Waals surface area contributed by atoms with Gasteiger partial charge in [-0.1, -0.05) is 12.1 Å². The summed E-state index contributed by atoms with van der Waals surface area (Å²) in [6, 6.07) is 6.26. The van der Waals surface area contributed by atoms with Crippen LogP contribution in [0.3, 0.4) is 0 Å². The number of hydrogen-bond acceptors (Lipinski definition) is 4. The normalized spacial score (nSPS) is 13.3. The molecule has 0 heterocycles. The molecule has 1 unspecified atom stereocenters. The van der Waals surface area contributed by atoms with Crippen molar-refractivity contribution in [3.05, 3.63) is 29.8 Å². The van der Waals surface area contributed by atoms with E-state index in [1.807, 2.05) is 0 Å². The van der Waals surface area contributed by atoms with Crippen LogP contribution in [0.5, 0.6) is 0 Å². The minimum atomic E-state index is -3.46. The van der Waals surface area contributed by atoms with Gasteiger partial charge in [0.25, 0.3) is 0 Å². The van der Waals surface area contributed by atoms with Gasteiger partial charge in [0.1, 0.15) is 0 Å². The Bertz CT molecular complexity index is 482. The molecule has 1 aromatic rings. The Morgan fingerprint density at radius 3 is 2.40 bits per heavy atom. The summed E-state index contributed by atoms with van der Waals surface area (Å²) in [5, 5.41) is 9.39. The Morgan fingerprint density at radius 1 is 1.20 bits per heavy atom. The van der Waals surface area contributed by atoms with Crippen LogP contribution in [-0.2, 0) is 14.8 Å². The van der Waals surface area contributed by atoms with E-state index in [9.17, 15) is 13.5 Å². The van der Waals surface area contributed by atoms with Gasteiger partial charge in [-0.05, 0) is 43.9 Å². The highest BCUT2D eigenvalue weighted by Gasteiger charge is 2.13. The largest absolute Gasteiger partial charge is 0.389 e. The van der Waals surface area contributed by atoms with Gasteiger partial charge < -0.3 is 9.84 Å². The first-order chi connectivity index (χ1) is 9.47. The van der Waals surface area contributed by atoms with E-state index in [2.05, 4.69) is 4.72 Å². The van der Waals surface area contributed by atoms with Crippen molar-refractivity contribution >= 4 is 10.0 Å². The van der Waals surface area contributed by atoms with Crippen LogP contribution < -0.4 is 4.72 Å². The van der Waals surface area contributed by atoms with Gasteiger partial charge in [-0.3, -0.25) is 0 Å². The topological polar surface area (TPSA) is 75.6 Å². The van der Waals surface area contributed by atoms with E-state index in [1.54, 1.807) is 26.2 Å². The van der Waals surface area contributed by atoms with Crippen molar-refractivity contribution in [2.75, 3.05) is 20.3 Å². The fourth-order valence-electron chi connectivity index (χ4n) is 1.76. The highest BCUT2D eigenvalue weighted by atomic mass is 32.2. The first kappa shape index (κ1) is 17.1. The van der Waals surface area contributed by atoms with Crippen molar-refractivity contribution in [1.29, 1.82) is 0 Å². The summed E-state index contributed by atoms with van der Waals surface area (Å²) in [5.41, 5.74) is 0.698. The number of hydrogen-bond donors (Lipinski definition) is 2. The molecule has 114 valence electrons. The average molecular weight is 301 g/mol. The second-order valence-electron chi connectivity index (χ2n) is 4.70. The van der Waals surface area contributed by atoms with Gasteiger partial charge in [0, 0.05) is 20.3 Å². The molecule has 2 N–H and O–H groups in total. The number of methoxy groups -OCH3 is 1. The zero-order valence-electron chi connectivity index (χ0n) is 12.0. The fraction of sp³-hybridized carbons (Fsp3) is 0.571. The Balaban J connectivity index is 2.47. The molecule has 0 amide bonds. The van der Waals surface area contributed by atoms with E-state index in [-0.39, 0.29) is 4.90 Å². The molecular weight excluding hydrogens is 278 g/mol. The lowest BCUT2D eigenvalue weighted by molar-refractivity contribution is 0.192. The number of sulfonamides is 1. The molecule has 0 fully saturated rings. The molecule has 0 aliphatic heterocycles. The predicted octanol–water partition coefficient (Wildman–Crippen LogP) is 1.83. The number of unbranched alkanes of at least 4 members (excludes halogenated alkanes) is 2. The van der Waals surface area contributed by atoms with Gasteiger partial charge in [-0.2, -0.15) is 0 Å². The van der Waals surface area contributed by atoms with Gasteiger partial charge in [-0.15, -0.1) is 0 Å². The summed E-state index contributed by atoms with van der Waals surface area (Å²) >= 11 is 0. The summed E-state index contributed by atoms with van der Waals surface area (Å²) in [6.45, 7) is 2.76. The average Bonchev–Trinajstić information content (AvgIpc) is 2.43. The van der Waals surface area contributed by atoms with Crippen LogP contribution in [0, 0.1) is 0 Å². The van der Waals surface area contributed by atoms with E-state index in [0.29, 0.717) is 18.7 Å². The van der Waals surface area contributed by atoms with Crippen molar-refractivity contribution in [2.45, 2.75) is 37.2 Å². The molecule has 1 atom stereocenters. The smallest absolute Gasteiger partial charge is 0.240 e. The standard InChI is InChI=1S/C14H23NO4S/c1-12(16)13-6-8-14(9-7-13)20(17,18)15-10-4-3-5-11-19-2/h6-9,12,15-16H,3-5,10-11H2,1-2H3. The Kier molecular flexibility index (Phi) is 7.15. The Morgan fingerprint density at radius 2 is 1.85 bits per heavy atom. The number of rotatable bonds is 9. The monoisotopic (exact) mass is 301 g/mol. The fourth-order valence-corrected chi connectivity index (χ4v) is 2.84. The van der Waals surface area contributed by atoms with E-state index >= 15 is 0 Å². The Hall–Kier alpha value is -0.950. The SMILES string of the molecule is COCCCCCNS(=O)(=O)c1ccc(C(C)O)cc1. The first-order valence-corrected chi connectivity index (χ1v) is 8.22. The number of aliphatic hydroxyl groups excluding tert-OH is 1. The van der Waals surface area contributed by atoms with Crippen molar-refractivity contribution in [3.8, 4) is 0 Å². The van der Waals surface area contributed by atoms with E-state index < -0.39 is 16.1 Å². The van der Waals surface area contributed by atoms with Crippen molar-refractivity contribution in [3.63, 3.8) is 0 Å². The van der Waals surface area contributed by atoms with Gasteiger partial charge >= 0.3 is 0 Å². The van der Waals surface area contributed by atoms with Crippen LogP contribution in [0.2, 0.25) is 0 Å². The lowest BCUT2D eigenvalue weighted by Gasteiger charge is -2.08. The molecule has 0 saturated carbocycles. The van der Waals surface area contributed by atoms with Crippen LogP contribution in [0.4, 0.5) is 0 Å². The molecule has 6 heteroatoms. The summed E-state index contributed by atoms with van der Waals surface area (Å²) in [4.78, 5) is 0.221. The first-order valence-electron chi connectivity index (χ1n) is 6.74. The molecule has 0 saturated heterocycles. The molecule has 0 spiro atoms. The van der Waals surface area contributed by atoms with Gasteiger partial charge in [-0.25, -0.2) is 13.1 Å². The minimum Gasteiger partial charge on any atom is -0.389 e. The third kappa shape index (κ3) is 5.58. The molecule has 0 aromatic heterocycles. The van der Waals surface area contributed by atoms with Crippen LogP contribution in [-0.4, -0.2) is 33.8 Å². The molecular formula is C14H23NO4S. The third-order valence-corrected chi connectivity index (χ3v) is 4.47. The predicted molar refractivity (Wildman–Crippen MR) is 78.0 cm³/mol. The summed E-state index contributed by atoms with van der Waals surface area (Å²) < 4.78 is 31.5. The second-order valence-corrected chi connectivity index (χ2v) is 6.46. The summed E-state index contributed by atoms with van der Waals surface area (Å²) in [5.74, 6) is 0. The van der Waals surface area contributed by atoms with Gasteiger partial charge in [0.15, 0.2) is 0 Å². The van der Waals surface area contributed by atoms with Crippen LogP contribution in [0.25, 0.3) is 0 Å². The van der Waals surface area contributed by atoms with Crippen LogP contribution in [0.1, 0.15) is 37.9 Å². The highest BCUT2D eigenvalue weighted by molar-refractivity contribution is 7.89. The van der Waals surface area contributed by atoms with Gasteiger partial charge in [0.2, 0.25) is 10.0 Å². The maximum atomic E-state index is 12.0. The summed E-state index contributed by atoms with van der Waals surface area (Å²) in [6.07, 6.45) is 2.05. The maximum absolute atomic E-state index is 12.0. The van der Waals surface area contributed by atoms with Crippen LogP contribution in [0.15, 0.2) is 29.2 Å². The molecule has 0 radical (unpaired) electrons. The maximum Gasteiger partial charge on any atom is 0.240 e. The second kappa shape index (κ2) is 8.36. The van der Waals surface area contributed by atoms with Crippen molar-refractivity contribution in [1.82, 2.24) is 4.72 Å². The lowest BCUT2D eigenvalue weighted by Crippen LogP contribution is -2.24. The highest BCUT2D eigenvalue weighted by Crippen LogP contribution is 2.15. The number of benzene rings is 1. The number of aliphatic hydroxyl groups is 1. The minimum absolute atomic E-state index is 0.221. The van der Waals surface area contributed by atoms with Crippen molar-refractivity contribution < 1.29 is 18.3 Å². The molecule has 5 nitrogen and oxygen atoms in total. The number of nitrogens with one attached hydrogen (secondary N) is 1. The summed E-state index contributed by atoms with van der Waals surface area (Å²) in [7, 11) is -1.81. The molecule has 1 rings (SSSR count). The quantitative estimate of drug-likeness (QED) is 0.682. The van der Waals surface area contributed by atoms with Crippen molar-refractivity contribution in [2.24, 2.45) is 0 Å². The molecule has 1 aromatic carbocycles. The zero-order valence-corrected chi connectivity index (χ0v) is 12.8. The number of ether oxygens (including phenoxy) is 1. The molecule has 20 heavy (non-hydrogen) atoms. The molecule has 0 bridgehead atoms. The van der Waals surface area contributed by atoms with E-state index in [0.717, 1.165) is 19.3 Å². The van der Waals surface area contributed by atoms with E-state index in [1.165, 1.54) is 12.1 Å². The van der Waals surface area contributed by atoms with E-state index in [4.69, 9.17) is 4.74 Å². The molecule has 0 aliphatic carbocycles. The third-order valence-electron chi connectivity index (χ3n) is 2.99. The van der Waals surface area contributed by atoms with Gasteiger partial charge in [0.05, 0.1) is 11.0 Å². The zero-order chi connectivity index (χ0) is 15.0. The lowest BCUT2D eigenvalue weighted by atomic mass is 10.1. The molecule has 0 aliphatic rings. The van der Waals surface area contributed by atoms with Crippen LogP contribution >= 0.6 is 0 Å². The Labute approximate surface area is 121 Å².